The molecule has 0 bridgehead atoms. The lowest BCUT2D eigenvalue weighted by Gasteiger charge is -2.30. The Labute approximate surface area is 163 Å². The van der Waals surface area contributed by atoms with E-state index < -0.39 is 0 Å². The second-order valence-corrected chi connectivity index (χ2v) is 8.35. The second kappa shape index (κ2) is 6.86. The number of hydrogen-bond donors (Lipinski definition) is 0. The van der Waals surface area contributed by atoms with E-state index in [0.717, 1.165) is 35.2 Å². The Morgan fingerprint density at radius 3 is 3.00 bits per heavy atom. The maximum Gasteiger partial charge on any atom is 0.282 e. The van der Waals surface area contributed by atoms with Crippen molar-refractivity contribution in [1.82, 2.24) is 20.1 Å². The summed E-state index contributed by atoms with van der Waals surface area (Å²) in [6.07, 6.45) is 1.85. The largest absolute Gasteiger partial charge is 0.420 e. The molecule has 4 heterocycles. The van der Waals surface area contributed by atoms with Gasteiger partial charge in [-0.05, 0) is 36.4 Å². The molecule has 0 aliphatic carbocycles. The molecule has 1 amide bonds. The number of aromatic nitrogens is 3. The molecule has 0 spiro atoms. The molecular weight excluding hydrogens is 380 g/mol. The fourth-order valence-electron chi connectivity index (χ4n) is 3.36. The number of benzene rings is 1. The van der Waals surface area contributed by atoms with Crippen LogP contribution in [0.5, 0.6) is 0 Å². The zero-order chi connectivity index (χ0) is 18.2. The van der Waals surface area contributed by atoms with Crippen LogP contribution in [0.15, 0.2) is 45.5 Å². The van der Waals surface area contributed by atoms with Gasteiger partial charge in [0.1, 0.15) is 0 Å². The van der Waals surface area contributed by atoms with E-state index in [9.17, 15) is 4.79 Å². The average Bonchev–Trinajstić information content (AvgIpc) is 3.47. The molecule has 27 heavy (non-hydrogen) atoms. The number of fused-ring (bicyclic) bond motifs is 1. The fourth-order valence-corrected chi connectivity index (χ4v) is 4.93. The van der Waals surface area contributed by atoms with E-state index in [1.807, 2.05) is 46.0 Å². The van der Waals surface area contributed by atoms with Crippen LogP contribution in [0.1, 0.15) is 34.5 Å². The van der Waals surface area contributed by atoms with Gasteiger partial charge in [0, 0.05) is 24.0 Å². The van der Waals surface area contributed by atoms with E-state index in [2.05, 4.69) is 15.2 Å². The van der Waals surface area contributed by atoms with E-state index >= 15 is 0 Å². The maximum atomic E-state index is 12.9. The van der Waals surface area contributed by atoms with Crippen molar-refractivity contribution in [3.63, 3.8) is 0 Å². The second-order valence-electron chi connectivity index (χ2n) is 6.53. The first-order chi connectivity index (χ1) is 13.3. The zero-order valence-corrected chi connectivity index (χ0v) is 16.0. The quantitative estimate of drug-likeness (QED) is 0.512. The summed E-state index contributed by atoms with van der Waals surface area (Å²) in [4.78, 5) is 19.3. The third-order valence-electron chi connectivity index (χ3n) is 4.74. The normalized spacial score (nSPS) is 17.5. The molecule has 3 aromatic heterocycles. The highest BCUT2D eigenvalue weighted by atomic mass is 32.1. The van der Waals surface area contributed by atoms with E-state index in [0.29, 0.717) is 23.3 Å². The summed E-state index contributed by atoms with van der Waals surface area (Å²) < 4.78 is 6.92. The molecule has 1 atom stereocenters. The number of amides is 1. The number of piperidine rings is 1. The molecule has 1 aromatic carbocycles. The van der Waals surface area contributed by atoms with Gasteiger partial charge in [0.05, 0.1) is 16.1 Å². The van der Waals surface area contributed by atoms with E-state index in [-0.39, 0.29) is 11.8 Å². The summed E-state index contributed by atoms with van der Waals surface area (Å²) in [5.74, 6) is 1.20. The summed E-state index contributed by atoms with van der Waals surface area (Å²) in [6.45, 7) is 1.32. The SMILES string of the molecule is O=C(c1nc2ccccc2s1)N1CCCC(c2nnc(-c3ccsc3)o2)C1. The lowest BCUT2D eigenvalue weighted by atomic mass is 9.98. The van der Waals surface area contributed by atoms with Gasteiger partial charge < -0.3 is 9.32 Å². The molecule has 0 radical (unpaired) electrons. The number of carbonyl (C=O) groups is 1. The van der Waals surface area contributed by atoms with Gasteiger partial charge in [-0.1, -0.05) is 12.1 Å². The number of carbonyl (C=O) groups excluding carboxylic acids is 1. The number of thiazole rings is 1. The van der Waals surface area contributed by atoms with Crippen molar-refractivity contribution in [3.8, 4) is 11.5 Å². The number of nitrogens with zero attached hydrogens (tertiary/aromatic N) is 4. The molecule has 1 aliphatic rings. The van der Waals surface area contributed by atoms with Gasteiger partial charge in [-0.25, -0.2) is 4.98 Å². The van der Waals surface area contributed by atoms with E-state index in [1.165, 1.54) is 11.3 Å². The van der Waals surface area contributed by atoms with Gasteiger partial charge in [-0.2, -0.15) is 11.3 Å². The van der Waals surface area contributed by atoms with Crippen LogP contribution in [0.3, 0.4) is 0 Å². The van der Waals surface area contributed by atoms with Crippen molar-refractivity contribution in [1.29, 1.82) is 0 Å². The van der Waals surface area contributed by atoms with Crippen LogP contribution in [0.2, 0.25) is 0 Å². The maximum absolute atomic E-state index is 12.9. The smallest absolute Gasteiger partial charge is 0.282 e. The summed E-state index contributed by atoms with van der Waals surface area (Å²) in [5.41, 5.74) is 1.81. The first-order valence-corrected chi connectivity index (χ1v) is 10.5. The third kappa shape index (κ3) is 3.15. The Morgan fingerprint density at radius 1 is 1.22 bits per heavy atom. The Morgan fingerprint density at radius 2 is 2.15 bits per heavy atom. The Bertz CT molecular complexity index is 1050. The standard InChI is InChI=1S/C19H16N4O2S2/c24-19(18-20-14-5-1-2-6-15(14)27-18)23-8-3-4-12(10-23)16-21-22-17(25-16)13-7-9-26-11-13/h1-2,5-7,9,11-12H,3-4,8,10H2. The Hall–Kier alpha value is -2.58. The number of para-hydroxylation sites is 1. The minimum atomic E-state index is -0.0153. The number of thiophene rings is 1. The molecule has 6 nitrogen and oxygen atoms in total. The summed E-state index contributed by atoms with van der Waals surface area (Å²) in [6, 6.07) is 9.80. The van der Waals surface area contributed by atoms with Crippen LogP contribution in [0, 0.1) is 0 Å². The van der Waals surface area contributed by atoms with Crippen LogP contribution in [-0.4, -0.2) is 39.1 Å². The fraction of sp³-hybridized carbons (Fsp3) is 0.263. The Balaban J connectivity index is 1.35. The van der Waals surface area contributed by atoms with Crippen LogP contribution < -0.4 is 0 Å². The number of hydrogen-bond acceptors (Lipinski definition) is 7. The van der Waals surface area contributed by atoms with E-state index in [4.69, 9.17) is 4.42 Å². The topological polar surface area (TPSA) is 72.1 Å². The summed E-state index contributed by atoms with van der Waals surface area (Å²) in [5, 5.41) is 12.9. The molecule has 8 heteroatoms. The predicted molar refractivity (Wildman–Crippen MR) is 105 cm³/mol. The highest BCUT2D eigenvalue weighted by Gasteiger charge is 2.30. The average molecular weight is 396 g/mol. The number of likely N-dealkylation sites (tertiary alicyclic amines) is 1. The van der Waals surface area contributed by atoms with Crippen molar-refractivity contribution in [2.75, 3.05) is 13.1 Å². The van der Waals surface area contributed by atoms with Gasteiger partial charge in [0.15, 0.2) is 5.01 Å². The number of rotatable bonds is 3. The van der Waals surface area contributed by atoms with Crippen molar-refractivity contribution in [3.05, 3.63) is 52.0 Å². The highest BCUT2D eigenvalue weighted by molar-refractivity contribution is 7.20. The van der Waals surface area contributed by atoms with Gasteiger partial charge >= 0.3 is 0 Å². The minimum Gasteiger partial charge on any atom is -0.420 e. The summed E-state index contributed by atoms with van der Waals surface area (Å²) >= 11 is 3.04. The monoisotopic (exact) mass is 396 g/mol. The molecular formula is C19H16N4O2S2. The molecule has 136 valence electrons. The molecule has 0 saturated carbocycles. The van der Waals surface area contributed by atoms with Crippen LogP contribution in [0.25, 0.3) is 21.7 Å². The third-order valence-corrected chi connectivity index (χ3v) is 6.45. The molecule has 1 aliphatic heterocycles. The van der Waals surface area contributed by atoms with Crippen LogP contribution >= 0.6 is 22.7 Å². The summed E-state index contributed by atoms with van der Waals surface area (Å²) in [7, 11) is 0. The Kier molecular flexibility index (Phi) is 4.21. The lowest BCUT2D eigenvalue weighted by molar-refractivity contribution is 0.0698. The first kappa shape index (κ1) is 16.6. The van der Waals surface area contributed by atoms with Gasteiger partial charge in [0.25, 0.3) is 5.91 Å². The molecule has 1 saturated heterocycles. The van der Waals surface area contributed by atoms with Crippen molar-refractivity contribution in [2.45, 2.75) is 18.8 Å². The molecule has 5 rings (SSSR count). The minimum absolute atomic E-state index is 0.0153. The predicted octanol–water partition coefficient (Wildman–Crippen LogP) is 4.43. The lowest BCUT2D eigenvalue weighted by Crippen LogP contribution is -2.39. The first-order valence-electron chi connectivity index (χ1n) is 8.79. The molecule has 1 fully saturated rings. The van der Waals surface area contributed by atoms with Crippen molar-refractivity contribution < 1.29 is 9.21 Å². The zero-order valence-electron chi connectivity index (χ0n) is 14.4. The van der Waals surface area contributed by atoms with Gasteiger partial charge in [-0.3, -0.25) is 4.79 Å². The van der Waals surface area contributed by atoms with E-state index in [1.54, 1.807) is 11.3 Å². The van der Waals surface area contributed by atoms with Crippen LogP contribution in [0.4, 0.5) is 0 Å². The van der Waals surface area contributed by atoms with Crippen molar-refractivity contribution in [2.24, 2.45) is 0 Å². The van der Waals surface area contributed by atoms with Crippen LogP contribution in [-0.2, 0) is 0 Å². The van der Waals surface area contributed by atoms with Gasteiger partial charge in [-0.15, -0.1) is 21.5 Å². The van der Waals surface area contributed by atoms with Gasteiger partial charge in [0.2, 0.25) is 11.8 Å². The van der Waals surface area contributed by atoms with Crippen molar-refractivity contribution >= 4 is 38.8 Å². The molecule has 4 aromatic rings. The molecule has 1 unspecified atom stereocenters. The molecule has 0 N–H and O–H groups in total. The highest BCUT2D eigenvalue weighted by Crippen LogP contribution is 2.30.